The minimum Gasteiger partial charge on any atom is -0.495 e. The first-order chi connectivity index (χ1) is 12.6. The predicted molar refractivity (Wildman–Crippen MR) is 103 cm³/mol. The van der Waals surface area contributed by atoms with E-state index in [2.05, 4.69) is 29.4 Å². The zero-order valence-electron chi connectivity index (χ0n) is 15.5. The Bertz CT molecular complexity index is 749. The molecule has 3 rings (SSSR count). The molecule has 1 aliphatic carbocycles. The summed E-state index contributed by atoms with van der Waals surface area (Å²) in [5.74, 6) is 2.30. The second-order valence-corrected chi connectivity index (χ2v) is 7.83. The van der Waals surface area contributed by atoms with Gasteiger partial charge in [0.1, 0.15) is 12.1 Å². The summed E-state index contributed by atoms with van der Waals surface area (Å²) >= 11 is 1.39. The van der Waals surface area contributed by atoms with Crippen LogP contribution in [0.5, 0.6) is 5.75 Å². The molecule has 1 saturated carbocycles. The smallest absolute Gasteiger partial charge is 0.230 e. The molecule has 0 aliphatic heterocycles. The molecule has 0 bridgehead atoms. The van der Waals surface area contributed by atoms with Gasteiger partial charge in [-0.05, 0) is 30.4 Å². The average Bonchev–Trinajstić information content (AvgIpc) is 3.12. The summed E-state index contributed by atoms with van der Waals surface area (Å²) in [7, 11) is 1.63. The first kappa shape index (κ1) is 18.8. The first-order valence-electron chi connectivity index (χ1n) is 9.05. The Morgan fingerprint density at radius 2 is 2.15 bits per heavy atom. The molecule has 3 atom stereocenters. The molecule has 26 heavy (non-hydrogen) atoms. The maximum absolute atomic E-state index is 12.4. The van der Waals surface area contributed by atoms with Gasteiger partial charge in [-0.2, -0.15) is 0 Å². The molecular formula is C19H26N4O2S. The molecule has 1 fully saturated rings. The number of methoxy groups -OCH3 is 1. The Balaban J connectivity index is 1.62. The molecule has 0 radical (unpaired) electrons. The number of ether oxygens (including phenoxy) is 1. The third-order valence-electron chi connectivity index (χ3n) is 5.25. The van der Waals surface area contributed by atoms with Crippen LogP contribution in [0, 0.1) is 11.8 Å². The van der Waals surface area contributed by atoms with Gasteiger partial charge in [-0.15, -0.1) is 10.2 Å². The molecule has 1 aromatic carbocycles. The molecule has 1 N–H and O–H groups in total. The Morgan fingerprint density at radius 3 is 2.96 bits per heavy atom. The number of carbonyl (C=O) groups excluding carboxylic acids is 1. The Hall–Kier alpha value is -2.02. The van der Waals surface area contributed by atoms with Crippen molar-refractivity contribution in [2.24, 2.45) is 11.8 Å². The lowest BCUT2D eigenvalue weighted by atomic mass is 9.78. The molecular weight excluding hydrogens is 348 g/mol. The van der Waals surface area contributed by atoms with Crippen LogP contribution in [0.25, 0.3) is 5.69 Å². The number of rotatable bonds is 6. The van der Waals surface area contributed by atoms with Crippen LogP contribution in [0.2, 0.25) is 0 Å². The van der Waals surface area contributed by atoms with E-state index in [4.69, 9.17) is 4.74 Å². The lowest BCUT2D eigenvalue weighted by Crippen LogP contribution is -2.44. The molecule has 140 valence electrons. The van der Waals surface area contributed by atoms with Gasteiger partial charge in [0.25, 0.3) is 0 Å². The van der Waals surface area contributed by atoms with Gasteiger partial charge < -0.3 is 10.1 Å². The van der Waals surface area contributed by atoms with E-state index in [0.29, 0.717) is 22.7 Å². The molecule has 1 amide bonds. The molecule has 1 aromatic heterocycles. The highest BCUT2D eigenvalue weighted by molar-refractivity contribution is 7.99. The highest BCUT2D eigenvalue weighted by Crippen LogP contribution is 2.30. The number of nitrogens with zero attached hydrogens (tertiary/aromatic N) is 3. The summed E-state index contributed by atoms with van der Waals surface area (Å²) in [6, 6.07) is 7.96. The maximum Gasteiger partial charge on any atom is 0.230 e. The fourth-order valence-electron chi connectivity index (χ4n) is 3.48. The van der Waals surface area contributed by atoms with Crippen LogP contribution in [0.15, 0.2) is 35.7 Å². The first-order valence-corrected chi connectivity index (χ1v) is 10.0. The number of hydrogen-bond donors (Lipinski definition) is 1. The van der Waals surface area contributed by atoms with Crippen molar-refractivity contribution < 1.29 is 9.53 Å². The van der Waals surface area contributed by atoms with Crippen molar-refractivity contribution in [3.05, 3.63) is 30.6 Å². The minimum absolute atomic E-state index is 0.0514. The zero-order valence-corrected chi connectivity index (χ0v) is 16.3. The van der Waals surface area contributed by atoms with Crippen molar-refractivity contribution in [1.29, 1.82) is 0 Å². The topological polar surface area (TPSA) is 69.0 Å². The Labute approximate surface area is 158 Å². The quantitative estimate of drug-likeness (QED) is 0.786. The van der Waals surface area contributed by atoms with Crippen LogP contribution >= 0.6 is 11.8 Å². The van der Waals surface area contributed by atoms with Crippen LogP contribution in [0.1, 0.15) is 33.1 Å². The van der Waals surface area contributed by atoms with Gasteiger partial charge in [0, 0.05) is 6.04 Å². The summed E-state index contributed by atoms with van der Waals surface area (Å²) in [5, 5.41) is 12.0. The SMILES string of the molecule is COc1ccccc1-n1cnnc1SCC(=O)N[C@@H]1CCC[C@H](C)[C@@H]1C. The van der Waals surface area contributed by atoms with Gasteiger partial charge in [-0.1, -0.05) is 50.6 Å². The number of carbonyl (C=O) groups is 1. The fraction of sp³-hybridized carbons (Fsp3) is 0.526. The number of benzene rings is 1. The number of thioether (sulfide) groups is 1. The van der Waals surface area contributed by atoms with Crippen molar-refractivity contribution in [1.82, 2.24) is 20.1 Å². The number of nitrogens with one attached hydrogen (secondary N) is 1. The number of para-hydroxylation sites is 2. The van der Waals surface area contributed by atoms with Crippen molar-refractivity contribution in [2.75, 3.05) is 12.9 Å². The van der Waals surface area contributed by atoms with E-state index in [1.54, 1.807) is 13.4 Å². The molecule has 0 spiro atoms. The number of hydrogen-bond acceptors (Lipinski definition) is 5. The normalized spacial score (nSPS) is 22.8. The van der Waals surface area contributed by atoms with Gasteiger partial charge in [-0.25, -0.2) is 0 Å². The fourth-order valence-corrected chi connectivity index (χ4v) is 4.21. The molecule has 0 unspecified atom stereocenters. The second-order valence-electron chi connectivity index (χ2n) is 6.89. The minimum atomic E-state index is 0.0514. The van der Waals surface area contributed by atoms with Crippen LogP contribution in [0.4, 0.5) is 0 Å². The third-order valence-corrected chi connectivity index (χ3v) is 6.19. The van der Waals surface area contributed by atoms with E-state index >= 15 is 0 Å². The van der Waals surface area contributed by atoms with Gasteiger partial charge in [0.2, 0.25) is 5.91 Å². The Morgan fingerprint density at radius 1 is 1.35 bits per heavy atom. The molecule has 0 saturated heterocycles. The van der Waals surface area contributed by atoms with E-state index < -0.39 is 0 Å². The van der Waals surface area contributed by atoms with Crippen molar-refractivity contribution in [2.45, 2.75) is 44.3 Å². The second kappa shape index (κ2) is 8.58. The highest BCUT2D eigenvalue weighted by Gasteiger charge is 2.28. The zero-order chi connectivity index (χ0) is 18.5. The van der Waals surface area contributed by atoms with Crippen LogP contribution in [-0.2, 0) is 4.79 Å². The monoisotopic (exact) mass is 374 g/mol. The molecule has 7 heteroatoms. The number of amides is 1. The van der Waals surface area contributed by atoms with E-state index in [0.717, 1.165) is 17.9 Å². The lowest BCUT2D eigenvalue weighted by Gasteiger charge is -2.34. The van der Waals surface area contributed by atoms with E-state index in [9.17, 15) is 4.79 Å². The van der Waals surface area contributed by atoms with E-state index in [-0.39, 0.29) is 11.9 Å². The van der Waals surface area contributed by atoms with Gasteiger partial charge >= 0.3 is 0 Å². The van der Waals surface area contributed by atoms with Gasteiger partial charge in [0.15, 0.2) is 5.16 Å². The summed E-state index contributed by atoms with van der Waals surface area (Å²) in [6.45, 7) is 4.51. The lowest BCUT2D eigenvalue weighted by molar-refractivity contribution is -0.120. The predicted octanol–water partition coefficient (Wildman–Crippen LogP) is 3.31. The summed E-state index contributed by atoms with van der Waals surface area (Å²) in [5.41, 5.74) is 0.859. The van der Waals surface area contributed by atoms with Crippen molar-refractivity contribution in [3.8, 4) is 11.4 Å². The summed E-state index contributed by atoms with van der Waals surface area (Å²) in [4.78, 5) is 12.4. The third kappa shape index (κ3) is 4.20. The Kier molecular flexibility index (Phi) is 6.19. The summed E-state index contributed by atoms with van der Waals surface area (Å²) < 4.78 is 7.26. The molecule has 1 aliphatic rings. The van der Waals surface area contributed by atoms with Crippen molar-refractivity contribution >= 4 is 17.7 Å². The highest BCUT2D eigenvalue weighted by atomic mass is 32.2. The maximum atomic E-state index is 12.4. The largest absolute Gasteiger partial charge is 0.495 e. The van der Waals surface area contributed by atoms with E-state index in [1.807, 2.05) is 28.8 Å². The van der Waals surface area contributed by atoms with Crippen LogP contribution in [-0.4, -0.2) is 39.6 Å². The molecule has 2 aromatic rings. The standard InChI is InChI=1S/C19H26N4O2S/c1-13-7-6-8-15(14(13)2)21-18(24)11-26-19-22-20-12-23(19)16-9-4-5-10-17(16)25-3/h4-5,9-10,12-15H,6-8,11H2,1-3H3,(H,21,24)/t13-,14-,15+/m0/s1. The number of aromatic nitrogens is 3. The molecule has 6 nitrogen and oxygen atoms in total. The summed E-state index contributed by atoms with van der Waals surface area (Å²) in [6.07, 6.45) is 5.15. The van der Waals surface area contributed by atoms with Crippen molar-refractivity contribution in [3.63, 3.8) is 0 Å². The van der Waals surface area contributed by atoms with Gasteiger partial charge in [0.05, 0.1) is 18.6 Å². The van der Waals surface area contributed by atoms with Gasteiger partial charge in [-0.3, -0.25) is 9.36 Å². The molecule has 1 heterocycles. The van der Waals surface area contributed by atoms with Crippen LogP contribution < -0.4 is 10.1 Å². The van der Waals surface area contributed by atoms with Crippen LogP contribution in [0.3, 0.4) is 0 Å². The average molecular weight is 375 g/mol. The van der Waals surface area contributed by atoms with E-state index in [1.165, 1.54) is 24.6 Å².